The van der Waals surface area contributed by atoms with Crippen LogP contribution in [-0.2, 0) is 4.79 Å². The Morgan fingerprint density at radius 3 is 2.42 bits per heavy atom. The summed E-state index contributed by atoms with van der Waals surface area (Å²) in [5.41, 5.74) is -1.26. The maximum atomic E-state index is 11.2. The van der Waals surface area contributed by atoms with Crippen molar-refractivity contribution in [3.63, 3.8) is 0 Å². The predicted molar refractivity (Wildman–Crippen MR) is 46.6 cm³/mol. The largest absolute Gasteiger partial charge is 0.381 e. The molecule has 1 rings (SSSR count). The van der Waals surface area contributed by atoms with Gasteiger partial charge in [0.1, 0.15) is 5.60 Å². The first-order chi connectivity index (χ1) is 5.50. The molecule has 0 spiro atoms. The molecule has 2 N–H and O–H groups in total. The highest BCUT2D eigenvalue weighted by atomic mass is 16.3. The average Bonchev–Trinajstić information content (AvgIpc) is 2.37. The maximum absolute atomic E-state index is 11.2. The summed E-state index contributed by atoms with van der Waals surface area (Å²) in [6, 6.07) is 0.184. The number of hydrogen-bond donors (Lipinski definition) is 2. The highest BCUT2D eigenvalue weighted by Crippen LogP contribution is 2.10. The van der Waals surface area contributed by atoms with Gasteiger partial charge in [-0.2, -0.15) is 0 Å². The van der Waals surface area contributed by atoms with Crippen molar-refractivity contribution in [2.45, 2.75) is 38.3 Å². The molecular weight excluding hydrogens is 154 g/mol. The fraction of sp³-hybridized carbons (Fsp3) is 0.667. The fourth-order valence-corrected chi connectivity index (χ4v) is 1.10. The van der Waals surface area contributed by atoms with Crippen LogP contribution < -0.4 is 5.32 Å². The number of rotatable bonds is 2. The standard InChI is InChI=1S/C9H15NO2/c1-9(2,12)8(11)10-7-5-3-4-6-7/h3-4,7,12H,5-6H2,1-2H3,(H,10,11). The van der Waals surface area contributed by atoms with Crippen molar-refractivity contribution in [1.29, 1.82) is 0 Å². The summed E-state index contributed by atoms with van der Waals surface area (Å²) < 4.78 is 0. The van der Waals surface area contributed by atoms with Crippen LogP contribution in [-0.4, -0.2) is 22.7 Å². The van der Waals surface area contributed by atoms with Crippen molar-refractivity contribution in [2.75, 3.05) is 0 Å². The second-order valence-electron chi connectivity index (χ2n) is 3.67. The van der Waals surface area contributed by atoms with Crippen molar-refractivity contribution in [3.05, 3.63) is 12.2 Å². The highest BCUT2D eigenvalue weighted by molar-refractivity contribution is 5.84. The Hall–Kier alpha value is -0.830. The Kier molecular flexibility index (Phi) is 2.52. The van der Waals surface area contributed by atoms with E-state index in [1.807, 2.05) is 12.2 Å². The summed E-state index contributed by atoms with van der Waals surface area (Å²) in [5.74, 6) is -0.295. The molecule has 3 heteroatoms. The van der Waals surface area contributed by atoms with Gasteiger partial charge in [0.05, 0.1) is 0 Å². The Morgan fingerprint density at radius 1 is 1.50 bits per heavy atom. The molecule has 3 nitrogen and oxygen atoms in total. The minimum absolute atomic E-state index is 0.184. The van der Waals surface area contributed by atoms with E-state index in [1.54, 1.807) is 0 Å². The zero-order valence-corrected chi connectivity index (χ0v) is 7.50. The van der Waals surface area contributed by atoms with Gasteiger partial charge in [-0.1, -0.05) is 12.2 Å². The molecule has 1 aliphatic carbocycles. The molecule has 1 aliphatic rings. The summed E-state index contributed by atoms with van der Waals surface area (Å²) in [6.07, 6.45) is 5.83. The third-order valence-electron chi connectivity index (χ3n) is 1.90. The topological polar surface area (TPSA) is 49.3 Å². The number of aliphatic hydroxyl groups is 1. The number of amides is 1. The van der Waals surface area contributed by atoms with Gasteiger partial charge in [-0.15, -0.1) is 0 Å². The summed E-state index contributed by atoms with van der Waals surface area (Å²) >= 11 is 0. The van der Waals surface area contributed by atoms with E-state index in [4.69, 9.17) is 0 Å². The van der Waals surface area contributed by atoms with E-state index in [-0.39, 0.29) is 11.9 Å². The van der Waals surface area contributed by atoms with E-state index in [1.165, 1.54) is 13.8 Å². The minimum Gasteiger partial charge on any atom is -0.381 e. The van der Waals surface area contributed by atoms with Gasteiger partial charge >= 0.3 is 0 Å². The minimum atomic E-state index is -1.26. The van der Waals surface area contributed by atoms with Crippen LogP contribution in [0.1, 0.15) is 26.7 Å². The van der Waals surface area contributed by atoms with Crippen LogP contribution in [0.4, 0.5) is 0 Å². The summed E-state index contributed by atoms with van der Waals surface area (Å²) in [4.78, 5) is 11.2. The van der Waals surface area contributed by atoms with Gasteiger partial charge in [-0.3, -0.25) is 4.79 Å². The normalized spacial score (nSPS) is 18.2. The van der Waals surface area contributed by atoms with E-state index in [0.717, 1.165) is 12.8 Å². The number of carbonyl (C=O) groups is 1. The van der Waals surface area contributed by atoms with Crippen LogP contribution in [0.3, 0.4) is 0 Å². The zero-order chi connectivity index (χ0) is 9.19. The van der Waals surface area contributed by atoms with E-state index in [0.29, 0.717) is 0 Å². The lowest BCUT2D eigenvalue weighted by Gasteiger charge is -2.20. The molecule has 68 valence electrons. The van der Waals surface area contributed by atoms with Gasteiger partial charge < -0.3 is 10.4 Å². The molecular formula is C9H15NO2. The lowest BCUT2D eigenvalue weighted by atomic mass is 10.1. The first kappa shape index (κ1) is 9.26. The average molecular weight is 169 g/mol. The Labute approximate surface area is 72.5 Å². The van der Waals surface area contributed by atoms with Crippen LogP contribution >= 0.6 is 0 Å². The van der Waals surface area contributed by atoms with E-state index < -0.39 is 5.60 Å². The zero-order valence-electron chi connectivity index (χ0n) is 7.50. The first-order valence-electron chi connectivity index (χ1n) is 4.18. The molecule has 0 bridgehead atoms. The van der Waals surface area contributed by atoms with Crippen molar-refractivity contribution < 1.29 is 9.90 Å². The molecule has 0 saturated heterocycles. The van der Waals surface area contributed by atoms with E-state index in [2.05, 4.69) is 5.32 Å². The highest BCUT2D eigenvalue weighted by Gasteiger charge is 2.25. The molecule has 0 aromatic heterocycles. The molecule has 0 aliphatic heterocycles. The van der Waals surface area contributed by atoms with Crippen molar-refractivity contribution in [1.82, 2.24) is 5.32 Å². The summed E-state index contributed by atoms with van der Waals surface area (Å²) in [5, 5.41) is 12.1. The number of hydrogen-bond acceptors (Lipinski definition) is 2. The van der Waals surface area contributed by atoms with Gasteiger partial charge in [0.25, 0.3) is 5.91 Å². The van der Waals surface area contributed by atoms with E-state index in [9.17, 15) is 9.90 Å². The maximum Gasteiger partial charge on any atom is 0.251 e. The lowest BCUT2D eigenvalue weighted by Crippen LogP contribution is -2.45. The second kappa shape index (κ2) is 3.27. The molecule has 12 heavy (non-hydrogen) atoms. The van der Waals surface area contributed by atoms with Crippen LogP contribution in [0.2, 0.25) is 0 Å². The van der Waals surface area contributed by atoms with Gasteiger partial charge in [-0.25, -0.2) is 0 Å². The Balaban J connectivity index is 2.36. The molecule has 1 amide bonds. The third-order valence-corrected chi connectivity index (χ3v) is 1.90. The molecule has 0 atom stereocenters. The summed E-state index contributed by atoms with van der Waals surface area (Å²) in [6.45, 7) is 2.98. The monoisotopic (exact) mass is 169 g/mol. The molecule has 0 aromatic rings. The lowest BCUT2D eigenvalue weighted by molar-refractivity contribution is -0.137. The molecule has 0 heterocycles. The Bertz CT molecular complexity index is 195. The molecule has 0 radical (unpaired) electrons. The van der Waals surface area contributed by atoms with Crippen LogP contribution in [0.5, 0.6) is 0 Å². The van der Waals surface area contributed by atoms with Crippen LogP contribution in [0, 0.1) is 0 Å². The number of nitrogens with one attached hydrogen (secondary N) is 1. The fourth-order valence-electron chi connectivity index (χ4n) is 1.10. The molecule has 0 saturated carbocycles. The van der Waals surface area contributed by atoms with Crippen molar-refractivity contribution >= 4 is 5.91 Å². The third kappa shape index (κ3) is 2.34. The van der Waals surface area contributed by atoms with Gasteiger partial charge in [-0.05, 0) is 26.7 Å². The number of carbonyl (C=O) groups excluding carboxylic acids is 1. The van der Waals surface area contributed by atoms with Crippen molar-refractivity contribution in [2.24, 2.45) is 0 Å². The second-order valence-corrected chi connectivity index (χ2v) is 3.67. The van der Waals surface area contributed by atoms with Gasteiger partial charge in [0, 0.05) is 6.04 Å². The first-order valence-corrected chi connectivity index (χ1v) is 4.18. The molecule has 0 fully saturated rings. The Morgan fingerprint density at radius 2 is 2.00 bits per heavy atom. The van der Waals surface area contributed by atoms with Crippen molar-refractivity contribution in [3.8, 4) is 0 Å². The quantitative estimate of drug-likeness (QED) is 0.594. The molecule has 0 aromatic carbocycles. The summed E-state index contributed by atoms with van der Waals surface area (Å²) in [7, 11) is 0. The smallest absolute Gasteiger partial charge is 0.251 e. The SMILES string of the molecule is CC(C)(O)C(=O)NC1CC=CC1. The van der Waals surface area contributed by atoms with Crippen LogP contribution in [0.25, 0.3) is 0 Å². The van der Waals surface area contributed by atoms with Crippen LogP contribution in [0.15, 0.2) is 12.2 Å². The predicted octanol–water partition coefficient (Wildman–Crippen LogP) is 0.592. The van der Waals surface area contributed by atoms with E-state index >= 15 is 0 Å². The van der Waals surface area contributed by atoms with Gasteiger partial charge in [0.15, 0.2) is 0 Å². The van der Waals surface area contributed by atoms with Gasteiger partial charge in [0.2, 0.25) is 0 Å². The molecule has 0 unspecified atom stereocenters.